The number of carboxylic acid groups (broad SMARTS) is 1. The third-order valence-corrected chi connectivity index (χ3v) is 3.10. The molecule has 4 nitrogen and oxygen atoms in total. The molecule has 108 valence electrons. The highest BCUT2D eigenvalue weighted by Gasteiger charge is 2.28. The first kappa shape index (κ1) is 16.3. The molecule has 0 unspecified atom stereocenters. The monoisotopic (exact) mass is 322 g/mol. The number of aliphatic carboxylic acids is 1. The topological polar surface area (TPSA) is 59.8 Å². The van der Waals surface area contributed by atoms with Crippen LogP contribution in [0.25, 0.3) is 11.3 Å². The van der Waals surface area contributed by atoms with Gasteiger partial charge in [-0.2, -0.15) is 13.2 Å². The van der Waals surface area contributed by atoms with Crippen molar-refractivity contribution >= 4 is 29.5 Å². The fourth-order valence-electron chi connectivity index (χ4n) is 1.10. The Bertz CT molecular complexity index is 632. The molecule has 0 spiro atoms. The number of thiazole rings is 1. The summed E-state index contributed by atoms with van der Waals surface area (Å²) in [5, 5.41) is 10.8. The van der Waals surface area contributed by atoms with E-state index in [1.807, 2.05) is 29.4 Å². The normalized spacial score (nSPS) is 10.6. The number of halogens is 3. The molecule has 0 saturated carbocycles. The lowest BCUT2D eigenvalue weighted by atomic mass is 10.2. The van der Waals surface area contributed by atoms with E-state index in [0.717, 1.165) is 9.65 Å². The van der Waals surface area contributed by atoms with Crippen molar-refractivity contribution in [3.63, 3.8) is 0 Å². The number of carbonyl (C=O) groups excluding carboxylic acids is 1. The number of alkyl halides is 3. The summed E-state index contributed by atoms with van der Waals surface area (Å²) in [6.07, 6.45) is -1.16. The lowest BCUT2D eigenvalue weighted by Crippen LogP contribution is -2.37. The molecule has 0 amide bonds. The molecule has 0 radical (unpaired) electrons. The zero-order chi connectivity index (χ0) is 15.3. The van der Waals surface area contributed by atoms with E-state index in [0.29, 0.717) is 0 Å². The van der Waals surface area contributed by atoms with E-state index in [-0.39, 0.29) is 0 Å². The van der Waals surface area contributed by atoms with Crippen molar-refractivity contribution in [2.45, 2.75) is 6.18 Å². The van der Waals surface area contributed by atoms with Crippen molar-refractivity contribution in [3.8, 4) is 11.3 Å². The second-order valence-electron chi connectivity index (χ2n) is 3.60. The second kappa shape index (κ2) is 6.62. The van der Waals surface area contributed by atoms with Crippen molar-refractivity contribution in [1.29, 1.82) is 0 Å². The molecular weight excluding hydrogens is 313 g/mol. The Labute approximate surface area is 121 Å². The van der Waals surface area contributed by atoms with Gasteiger partial charge in [0, 0.05) is 23.1 Å². The van der Waals surface area contributed by atoms with Gasteiger partial charge in [-0.15, -0.1) is 11.3 Å². The van der Waals surface area contributed by atoms with Crippen LogP contribution >= 0.6 is 23.6 Å². The number of pyridine rings is 1. The predicted octanol–water partition coefficient (Wildman–Crippen LogP) is 1.60. The highest BCUT2D eigenvalue weighted by atomic mass is 32.1. The van der Waals surface area contributed by atoms with E-state index in [4.69, 9.17) is 22.1 Å². The number of rotatable bonds is 1. The molecule has 0 atom stereocenters. The number of carboxylic acids is 1. The molecule has 0 bridgehead atoms. The van der Waals surface area contributed by atoms with Crippen molar-refractivity contribution in [3.05, 3.63) is 33.9 Å². The Morgan fingerprint density at radius 2 is 1.90 bits per heavy atom. The fraction of sp³-hybridized carbons (Fsp3) is 0.182. The first-order chi connectivity index (χ1) is 9.20. The van der Waals surface area contributed by atoms with Crippen LogP contribution in [0.4, 0.5) is 13.2 Å². The molecular formula is C11H9F3N2O2S2. The van der Waals surface area contributed by atoms with Gasteiger partial charge in [0.25, 0.3) is 0 Å². The fourth-order valence-corrected chi connectivity index (χ4v) is 1.95. The van der Waals surface area contributed by atoms with Crippen LogP contribution in [0, 0.1) is 3.95 Å². The van der Waals surface area contributed by atoms with Gasteiger partial charge >= 0.3 is 6.18 Å². The average molecular weight is 322 g/mol. The maximum absolute atomic E-state index is 10.5. The summed E-state index contributed by atoms with van der Waals surface area (Å²) in [4.78, 5) is 11.9. The van der Waals surface area contributed by atoms with Gasteiger partial charge in [-0.1, -0.05) is 0 Å². The van der Waals surface area contributed by atoms with Crippen LogP contribution < -0.4 is 9.67 Å². The third-order valence-electron chi connectivity index (χ3n) is 2.04. The van der Waals surface area contributed by atoms with Crippen molar-refractivity contribution < 1.29 is 27.6 Å². The van der Waals surface area contributed by atoms with Gasteiger partial charge in [0.2, 0.25) is 0 Å². The van der Waals surface area contributed by atoms with Crippen molar-refractivity contribution in [2.24, 2.45) is 7.05 Å². The Balaban J connectivity index is 0.000000246. The van der Waals surface area contributed by atoms with E-state index < -0.39 is 12.1 Å². The lowest BCUT2D eigenvalue weighted by Gasteiger charge is -2.03. The summed E-state index contributed by atoms with van der Waals surface area (Å²) in [5.41, 5.74) is 2.26. The van der Waals surface area contributed by atoms with Crippen LogP contribution in [0.5, 0.6) is 0 Å². The van der Waals surface area contributed by atoms with Crippen LogP contribution in [0.3, 0.4) is 0 Å². The first-order valence-corrected chi connectivity index (χ1v) is 6.40. The highest BCUT2D eigenvalue weighted by molar-refractivity contribution is 7.73. The average Bonchev–Trinajstić information content (AvgIpc) is 2.76. The Hall–Kier alpha value is -1.74. The van der Waals surface area contributed by atoms with Gasteiger partial charge in [0.15, 0.2) is 16.3 Å². The first-order valence-electron chi connectivity index (χ1n) is 5.12. The molecule has 0 aliphatic carbocycles. The van der Waals surface area contributed by atoms with Gasteiger partial charge in [0.05, 0.1) is 5.69 Å². The van der Waals surface area contributed by atoms with Gasteiger partial charge < -0.3 is 14.9 Å². The maximum Gasteiger partial charge on any atom is 0.430 e. The molecule has 0 saturated heterocycles. The van der Waals surface area contributed by atoms with E-state index in [2.05, 4.69) is 17.1 Å². The Morgan fingerprint density at radius 1 is 1.40 bits per heavy atom. The summed E-state index contributed by atoms with van der Waals surface area (Å²) < 4.78 is 34.4. The predicted molar refractivity (Wildman–Crippen MR) is 67.2 cm³/mol. The Morgan fingerprint density at radius 3 is 2.25 bits per heavy atom. The lowest BCUT2D eigenvalue weighted by molar-refractivity contribution is -0.671. The van der Waals surface area contributed by atoms with Crippen LogP contribution in [-0.2, 0) is 11.8 Å². The van der Waals surface area contributed by atoms with Crippen molar-refractivity contribution in [1.82, 2.24) is 4.98 Å². The van der Waals surface area contributed by atoms with Crippen LogP contribution in [0.15, 0.2) is 29.9 Å². The zero-order valence-corrected chi connectivity index (χ0v) is 11.7. The molecule has 2 aromatic heterocycles. The van der Waals surface area contributed by atoms with E-state index in [9.17, 15) is 13.2 Å². The zero-order valence-electron chi connectivity index (χ0n) is 10.1. The molecule has 2 heterocycles. The smallest absolute Gasteiger partial charge is 0.430 e. The van der Waals surface area contributed by atoms with Gasteiger partial charge in [-0.25, -0.2) is 4.57 Å². The number of H-pyrrole nitrogens is 1. The van der Waals surface area contributed by atoms with Crippen molar-refractivity contribution in [2.75, 3.05) is 0 Å². The minimum atomic E-state index is -5.19. The molecule has 9 heteroatoms. The number of nitrogens with one attached hydrogen (secondary N) is 1. The summed E-state index contributed by atoms with van der Waals surface area (Å²) in [6.45, 7) is 0. The van der Waals surface area contributed by atoms with E-state index in [1.165, 1.54) is 5.56 Å². The molecule has 20 heavy (non-hydrogen) atoms. The number of hydrogen-bond acceptors (Lipinski definition) is 4. The van der Waals surface area contributed by atoms with E-state index in [1.54, 1.807) is 11.3 Å². The maximum atomic E-state index is 10.5. The number of aromatic amines is 1. The second-order valence-corrected chi connectivity index (χ2v) is 5.15. The SMILES string of the molecule is C[n+]1ccc(-c2csc(=S)[nH]2)cc1.O=C([O-])C(F)(F)F. The summed E-state index contributed by atoms with van der Waals surface area (Å²) in [6, 6.07) is 4.13. The number of hydrogen-bond donors (Lipinski definition) is 1. The van der Waals surface area contributed by atoms with Crippen LogP contribution in [0.1, 0.15) is 0 Å². The van der Waals surface area contributed by atoms with E-state index >= 15 is 0 Å². The minimum absolute atomic E-state index is 0.822. The summed E-state index contributed by atoms with van der Waals surface area (Å²) in [7, 11) is 2.00. The summed E-state index contributed by atoms with van der Waals surface area (Å²) >= 11 is 6.57. The minimum Gasteiger partial charge on any atom is -0.542 e. The molecule has 2 aromatic rings. The molecule has 0 fully saturated rings. The molecule has 0 aromatic carbocycles. The Kier molecular flexibility index (Phi) is 5.40. The van der Waals surface area contributed by atoms with Crippen LogP contribution in [0.2, 0.25) is 0 Å². The van der Waals surface area contributed by atoms with Crippen LogP contribution in [-0.4, -0.2) is 17.1 Å². The molecule has 2 rings (SSSR count). The standard InChI is InChI=1S/C9H8N2S2.C2HF3O2/c1-11-4-2-7(3-5-11)8-6-13-9(12)10-8;3-2(4,5)1(6)7/h2-6H,1H3;(H,6,7). The van der Waals surface area contributed by atoms with Gasteiger partial charge in [-0.05, 0) is 12.2 Å². The quantitative estimate of drug-likeness (QED) is 0.641. The number of aryl methyl sites for hydroxylation is 1. The third kappa shape index (κ3) is 5.10. The number of carbonyl (C=O) groups is 1. The van der Waals surface area contributed by atoms with Gasteiger partial charge in [-0.3, -0.25) is 0 Å². The molecule has 0 aliphatic rings. The summed E-state index contributed by atoms with van der Waals surface area (Å²) in [5.74, 6) is -3.01. The number of aromatic nitrogens is 2. The largest absolute Gasteiger partial charge is 0.542 e. The molecule has 1 N–H and O–H groups in total. The van der Waals surface area contributed by atoms with Gasteiger partial charge in [0.1, 0.15) is 13.0 Å². The number of nitrogens with zero attached hydrogens (tertiary/aromatic N) is 1. The molecule has 0 aliphatic heterocycles. The highest BCUT2D eigenvalue weighted by Crippen LogP contribution is 2.18.